The molecule has 0 bridgehead atoms. The third-order valence-corrected chi connectivity index (χ3v) is 3.10. The first-order valence-electron chi connectivity index (χ1n) is 6.12. The monoisotopic (exact) mass is 286 g/mol. The molecule has 4 nitrogen and oxygen atoms in total. The van der Waals surface area contributed by atoms with Gasteiger partial charge in [0, 0.05) is 24.1 Å². The molecule has 0 aromatic heterocycles. The molecule has 2 unspecified atom stereocenters. The second-order valence-electron chi connectivity index (χ2n) is 4.68. The molecule has 5 heteroatoms. The van der Waals surface area contributed by atoms with Gasteiger partial charge in [0.2, 0.25) is 5.91 Å². The summed E-state index contributed by atoms with van der Waals surface area (Å²) in [7, 11) is 1.63. The summed E-state index contributed by atoms with van der Waals surface area (Å²) in [5, 5.41) is 2.88. The van der Waals surface area contributed by atoms with Gasteiger partial charge in [-0.3, -0.25) is 4.79 Å². The lowest BCUT2D eigenvalue weighted by Gasteiger charge is -2.16. The minimum atomic E-state index is -0.193. The molecule has 1 aromatic rings. The van der Waals surface area contributed by atoms with Crippen molar-refractivity contribution in [3.05, 3.63) is 29.3 Å². The molecule has 1 amide bonds. The maximum atomic E-state index is 11.8. The molecule has 0 aliphatic carbocycles. The van der Waals surface area contributed by atoms with Crippen LogP contribution in [-0.2, 0) is 11.3 Å². The number of nitrogens with one attached hydrogen (secondary N) is 1. The molecule has 0 heterocycles. The zero-order valence-electron chi connectivity index (χ0n) is 11.9. The van der Waals surface area contributed by atoms with E-state index in [1.54, 1.807) is 7.11 Å². The Hall–Kier alpha value is -1.26. The lowest BCUT2D eigenvalue weighted by atomic mass is 10.0. The molecule has 0 saturated carbocycles. The summed E-state index contributed by atoms with van der Waals surface area (Å²) in [6.07, 6.45) is 0. The van der Waals surface area contributed by atoms with Crippen molar-refractivity contribution >= 4 is 18.3 Å². The van der Waals surface area contributed by atoms with Crippen molar-refractivity contribution in [2.45, 2.75) is 33.4 Å². The Morgan fingerprint density at radius 2 is 2.05 bits per heavy atom. The van der Waals surface area contributed by atoms with Crippen molar-refractivity contribution < 1.29 is 9.53 Å². The van der Waals surface area contributed by atoms with Crippen LogP contribution in [0.2, 0.25) is 0 Å². The number of amides is 1. The molecule has 0 spiro atoms. The van der Waals surface area contributed by atoms with Gasteiger partial charge in [0.05, 0.1) is 7.11 Å². The van der Waals surface area contributed by atoms with E-state index < -0.39 is 0 Å². The smallest absolute Gasteiger partial charge is 0.224 e. The number of hydrogen-bond acceptors (Lipinski definition) is 3. The van der Waals surface area contributed by atoms with Gasteiger partial charge in [-0.05, 0) is 25.5 Å². The number of ether oxygens (including phenoxy) is 1. The number of rotatable bonds is 5. The van der Waals surface area contributed by atoms with Gasteiger partial charge in [-0.15, -0.1) is 12.4 Å². The Labute approximate surface area is 121 Å². The molecule has 19 heavy (non-hydrogen) atoms. The Balaban J connectivity index is 0.00000324. The van der Waals surface area contributed by atoms with Crippen LogP contribution >= 0.6 is 12.4 Å². The van der Waals surface area contributed by atoms with Crippen molar-refractivity contribution in [3.63, 3.8) is 0 Å². The Bertz CT molecular complexity index is 422. The number of benzene rings is 1. The highest BCUT2D eigenvalue weighted by atomic mass is 35.5. The first-order valence-corrected chi connectivity index (χ1v) is 6.12. The predicted molar refractivity (Wildman–Crippen MR) is 79.6 cm³/mol. The fraction of sp³-hybridized carbons (Fsp3) is 0.500. The summed E-state index contributed by atoms with van der Waals surface area (Å²) < 4.78 is 5.29. The fourth-order valence-corrected chi connectivity index (χ4v) is 1.58. The van der Waals surface area contributed by atoms with Crippen molar-refractivity contribution in [1.82, 2.24) is 5.32 Å². The van der Waals surface area contributed by atoms with E-state index in [0.29, 0.717) is 6.54 Å². The topological polar surface area (TPSA) is 64.3 Å². The molecular formula is C14H23ClN2O2. The van der Waals surface area contributed by atoms with Gasteiger partial charge in [0.25, 0.3) is 0 Å². The van der Waals surface area contributed by atoms with Gasteiger partial charge in [0.15, 0.2) is 0 Å². The average molecular weight is 287 g/mol. The highest BCUT2D eigenvalue weighted by Crippen LogP contribution is 2.19. The van der Waals surface area contributed by atoms with Crippen molar-refractivity contribution in [3.8, 4) is 5.75 Å². The second kappa shape index (κ2) is 8.02. The van der Waals surface area contributed by atoms with Gasteiger partial charge in [-0.2, -0.15) is 0 Å². The van der Waals surface area contributed by atoms with Crippen LogP contribution in [0.15, 0.2) is 18.2 Å². The average Bonchev–Trinajstić information content (AvgIpc) is 2.35. The molecule has 0 fully saturated rings. The van der Waals surface area contributed by atoms with Crippen molar-refractivity contribution in [2.24, 2.45) is 11.7 Å². The van der Waals surface area contributed by atoms with Crippen LogP contribution in [0.3, 0.4) is 0 Å². The van der Waals surface area contributed by atoms with E-state index in [0.717, 1.165) is 16.9 Å². The second-order valence-corrected chi connectivity index (χ2v) is 4.68. The number of nitrogens with two attached hydrogens (primary N) is 1. The summed E-state index contributed by atoms with van der Waals surface area (Å²) >= 11 is 0. The van der Waals surface area contributed by atoms with Crippen LogP contribution in [0.1, 0.15) is 25.0 Å². The predicted octanol–water partition coefficient (Wildman–Crippen LogP) is 2.02. The maximum absolute atomic E-state index is 11.8. The summed E-state index contributed by atoms with van der Waals surface area (Å²) in [5.74, 6) is 0.567. The summed E-state index contributed by atoms with van der Waals surface area (Å²) in [5.41, 5.74) is 7.79. The van der Waals surface area contributed by atoms with Gasteiger partial charge >= 0.3 is 0 Å². The molecule has 1 aromatic carbocycles. The molecular weight excluding hydrogens is 264 g/mol. The Kier molecular flexibility index (Phi) is 7.49. The van der Waals surface area contributed by atoms with Crippen LogP contribution in [0.5, 0.6) is 5.75 Å². The van der Waals surface area contributed by atoms with Crippen molar-refractivity contribution in [2.75, 3.05) is 7.11 Å². The van der Waals surface area contributed by atoms with E-state index >= 15 is 0 Å². The lowest BCUT2D eigenvalue weighted by Crippen LogP contribution is -2.38. The zero-order valence-corrected chi connectivity index (χ0v) is 12.7. The summed E-state index contributed by atoms with van der Waals surface area (Å²) in [6, 6.07) is 5.77. The first kappa shape index (κ1) is 17.7. The van der Waals surface area contributed by atoms with E-state index in [1.807, 2.05) is 39.0 Å². The van der Waals surface area contributed by atoms with Gasteiger partial charge in [-0.1, -0.05) is 19.1 Å². The fourth-order valence-electron chi connectivity index (χ4n) is 1.58. The standard InChI is InChI=1S/C14H22N2O2.ClH/c1-9-5-6-12(13(7-9)18-4)8-16-14(17)10(2)11(3)15;/h5-7,10-11H,8,15H2,1-4H3,(H,16,17);1H. The van der Waals surface area contributed by atoms with E-state index in [4.69, 9.17) is 10.5 Å². The third-order valence-electron chi connectivity index (χ3n) is 3.10. The van der Waals surface area contributed by atoms with E-state index in [-0.39, 0.29) is 30.3 Å². The number of hydrogen-bond donors (Lipinski definition) is 2. The molecule has 0 saturated heterocycles. The SMILES string of the molecule is COc1cc(C)ccc1CNC(=O)C(C)C(C)N.Cl. The molecule has 0 radical (unpaired) electrons. The normalized spacial score (nSPS) is 13.1. The zero-order chi connectivity index (χ0) is 13.7. The summed E-state index contributed by atoms with van der Waals surface area (Å²) in [4.78, 5) is 11.8. The minimum absolute atomic E-state index is 0. The minimum Gasteiger partial charge on any atom is -0.496 e. The van der Waals surface area contributed by atoms with Gasteiger partial charge in [0.1, 0.15) is 5.75 Å². The van der Waals surface area contributed by atoms with Crippen LogP contribution in [0.25, 0.3) is 0 Å². The maximum Gasteiger partial charge on any atom is 0.224 e. The first-order chi connectivity index (χ1) is 8.45. The number of carbonyl (C=O) groups is 1. The lowest BCUT2D eigenvalue weighted by molar-refractivity contribution is -0.125. The van der Waals surface area contributed by atoms with Crippen LogP contribution in [0, 0.1) is 12.8 Å². The molecule has 0 aliphatic heterocycles. The van der Waals surface area contributed by atoms with Crippen LogP contribution in [-0.4, -0.2) is 19.1 Å². The number of aryl methyl sites for hydroxylation is 1. The Morgan fingerprint density at radius 1 is 1.42 bits per heavy atom. The quantitative estimate of drug-likeness (QED) is 0.870. The van der Waals surface area contributed by atoms with Gasteiger partial charge in [-0.25, -0.2) is 0 Å². The molecule has 2 atom stereocenters. The highest BCUT2D eigenvalue weighted by molar-refractivity contribution is 5.85. The van der Waals surface area contributed by atoms with Crippen molar-refractivity contribution in [1.29, 1.82) is 0 Å². The number of methoxy groups -OCH3 is 1. The largest absolute Gasteiger partial charge is 0.496 e. The van der Waals surface area contributed by atoms with Crippen LogP contribution < -0.4 is 15.8 Å². The Morgan fingerprint density at radius 3 is 2.58 bits per heavy atom. The van der Waals surface area contributed by atoms with Crippen LogP contribution in [0.4, 0.5) is 0 Å². The molecule has 1 rings (SSSR count). The summed E-state index contributed by atoms with van der Waals surface area (Å²) in [6.45, 7) is 6.12. The molecule has 3 N–H and O–H groups in total. The highest BCUT2D eigenvalue weighted by Gasteiger charge is 2.16. The number of halogens is 1. The third kappa shape index (κ3) is 5.09. The van der Waals surface area contributed by atoms with E-state index in [9.17, 15) is 4.79 Å². The van der Waals surface area contributed by atoms with E-state index in [2.05, 4.69) is 5.32 Å². The number of carbonyl (C=O) groups excluding carboxylic acids is 1. The molecule has 0 aliphatic rings. The van der Waals surface area contributed by atoms with E-state index in [1.165, 1.54) is 0 Å². The molecule has 108 valence electrons. The van der Waals surface area contributed by atoms with Gasteiger partial charge < -0.3 is 15.8 Å².